The second kappa shape index (κ2) is 5.66. The van der Waals surface area contributed by atoms with Crippen LogP contribution in [0.3, 0.4) is 0 Å². The van der Waals surface area contributed by atoms with Gasteiger partial charge in [-0.05, 0) is 40.2 Å². The Balaban J connectivity index is 2.88. The van der Waals surface area contributed by atoms with Crippen molar-refractivity contribution < 1.29 is 23.9 Å². The number of hydrogen-bond donors (Lipinski definition) is 2. The number of ether oxygens (including phenoxy) is 2. The smallest absolute Gasteiger partial charge is 0.345 e. The van der Waals surface area contributed by atoms with Gasteiger partial charge in [0.15, 0.2) is 0 Å². The van der Waals surface area contributed by atoms with E-state index in [0.717, 1.165) is 0 Å². The molecule has 7 heteroatoms. The lowest BCUT2D eigenvalue weighted by Crippen LogP contribution is -2.57. The Labute approximate surface area is 111 Å². The summed E-state index contributed by atoms with van der Waals surface area (Å²) < 4.78 is 9.77. The third-order valence-corrected chi connectivity index (χ3v) is 2.62. The highest BCUT2D eigenvalue weighted by Gasteiger charge is 2.52. The highest BCUT2D eigenvalue weighted by Crippen LogP contribution is 2.25. The molecule has 1 aliphatic rings. The van der Waals surface area contributed by atoms with Gasteiger partial charge in [0.25, 0.3) is 0 Å². The molecule has 1 rings (SSSR count). The van der Waals surface area contributed by atoms with Crippen molar-refractivity contribution >= 4 is 17.9 Å². The summed E-state index contributed by atoms with van der Waals surface area (Å²) in [6.45, 7) is 5.15. The minimum absolute atomic E-state index is 0.235. The van der Waals surface area contributed by atoms with Gasteiger partial charge in [-0.3, -0.25) is 10.1 Å². The number of esters is 3. The van der Waals surface area contributed by atoms with Crippen LogP contribution in [0.15, 0.2) is 0 Å². The quantitative estimate of drug-likeness (QED) is 0.525. The summed E-state index contributed by atoms with van der Waals surface area (Å²) in [7, 11) is 0. The van der Waals surface area contributed by atoms with Crippen LogP contribution in [0, 0.1) is 0 Å². The van der Waals surface area contributed by atoms with Gasteiger partial charge in [0.05, 0.1) is 6.54 Å². The lowest BCUT2D eigenvalue weighted by molar-refractivity contribution is -0.175. The third kappa shape index (κ3) is 3.74. The fourth-order valence-electron chi connectivity index (χ4n) is 1.77. The molecule has 0 aromatic heterocycles. The number of carbonyl (C=O) groups is 3. The molecule has 108 valence electrons. The minimum Gasteiger partial charge on any atom is -0.458 e. The summed E-state index contributed by atoms with van der Waals surface area (Å²) in [5, 5.41) is 2.78. The Kier molecular flexibility index (Phi) is 4.65. The second-order valence-electron chi connectivity index (χ2n) is 5.40. The predicted molar refractivity (Wildman–Crippen MR) is 66.0 cm³/mol. The molecule has 1 atom stereocenters. The first-order chi connectivity index (χ1) is 8.71. The summed E-state index contributed by atoms with van der Waals surface area (Å²) >= 11 is 0. The standard InChI is InChI=1S/C12H20N2O5/c1-11(2,3)19-10(17)12(5-4-6-14-12)9(16)18-8(15)7-13/h14H,4-7,13H2,1-3H3/t12-/m0/s1. The van der Waals surface area contributed by atoms with E-state index in [9.17, 15) is 14.4 Å². The van der Waals surface area contributed by atoms with Crippen molar-refractivity contribution in [1.82, 2.24) is 5.32 Å². The van der Waals surface area contributed by atoms with Crippen LogP contribution in [0.5, 0.6) is 0 Å². The fourth-order valence-corrected chi connectivity index (χ4v) is 1.77. The first-order valence-electron chi connectivity index (χ1n) is 6.15. The van der Waals surface area contributed by atoms with E-state index >= 15 is 0 Å². The molecular formula is C12H20N2O5. The van der Waals surface area contributed by atoms with Crippen LogP contribution in [0.4, 0.5) is 0 Å². The summed E-state index contributed by atoms with van der Waals surface area (Å²) in [6, 6.07) is 0. The van der Waals surface area contributed by atoms with Gasteiger partial charge in [0, 0.05) is 0 Å². The second-order valence-corrected chi connectivity index (χ2v) is 5.40. The largest absolute Gasteiger partial charge is 0.458 e. The molecule has 3 N–H and O–H groups in total. The molecule has 0 aromatic carbocycles. The van der Waals surface area contributed by atoms with Gasteiger partial charge < -0.3 is 15.2 Å². The van der Waals surface area contributed by atoms with Crippen molar-refractivity contribution in [3.8, 4) is 0 Å². The summed E-state index contributed by atoms with van der Waals surface area (Å²) in [6.07, 6.45) is 0.851. The first-order valence-corrected chi connectivity index (χ1v) is 6.15. The summed E-state index contributed by atoms with van der Waals surface area (Å²) in [5.41, 5.74) is 2.75. The normalized spacial score (nSPS) is 22.9. The van der Waals surface area contributed by atoms with Crippen LogP contribution in [0.25, 0.3) is 0 Å². The molecule has 0 amide bonds. The molecule has 0 aromatic rings. The van der Waals surface area contributed by atoms with Crippen molar-refractivity contribution in [2.75, 3.05) is 13.1 Å². The molecule has 1 saturated heterocycles. The Morgan fingerprint density at radius 1 is 1.26 bits per heavy atom. The van der Waals surface area contributed by atoms with Crippen molar-refractivity contribution in [3.63, 3.8) is 0 Å². The van der Waals surface area contributed by atoms with Crippen LogP contribution in [0.2, 0.25) is 0 Å². The van der Waals surface area contributed by atoms with Crippen molar-refractivity contribution in [2.24, 2.45) is 5.73 Å². The zero-order chi connectivity index (χ0) is 14.7. The lowest BCUT2D eigenvalue weighted by atomic mass is 9.97. The monoisotopic (exact) mass is 272 g/mol. The number of nitrogens with one attached hydrogen (secondary N) is 1. The maximum atomic E-state index is 12.2. The Morgan fingerprint density at radius 3 is 2.32 bits per heavy atom. The predicted octanol–water partition coefficient (Wildman–Crippen LogP) is -0.521. The molecule has 0 radical (unpaired) electrons. The van der Waals surface area contributed by atoms with Crippen LogP contribution in [0.1, 0.15) is 33.6 Å². The lowest BCUT2D eigenvalue weighted by Gasteiger charge is -2.29. The maximum absolute atomic E-state index is 12.2. The van der Waals surface area contributed by atoms with Gasteiger partial charge in [-0.25, -0.2) is 9.59 Å². The zero-order valence-corrected chi connectivity index (χ0v) is 11.4. The third-order valence-electron chi connectivity index (χ3n) is 2.62. The Hall–Kier alpha value is -1.47. The van der Waals surface area contributed by atoms with Gasteiger partial charge in [-0.1, -0.05) is 0 Å². The van der Waals surface area contributed by atoms with E-state index in [2.05, 4.69) is 10.1 Å². The molecule has 19 heavy (non-hydrogen) atoms. The molecule has 0 spiro atoms. The van der Waals surface area contributed by atoms with Crippen molar-refractivity contribution in [3.05, 3.63) is 0 Å². The van der Waals surface area contributed by atoms with Gasteiger partial charge in [0.1, 0.15) is 5.60 Å². The molecule has 0 unspecified atom stereocenters. The molecule has 1 aliphatic heterocycles. The van der Waals surface area contributed by atoms with Gasteiger partial charge >= 0.3 is 17.9 Å². The SMILES string of the molecule is CC(C)(C)OC(=O)[C@@]1(C(=O)OC(=O)CN)CCCN1. The van der Waals surface area contributed by atoms with E-state index in [0.29, 0.717) is 13.0 Å². The van der Waals surface area contributed by atoms with Crippen LogP contribution in [-0.2, 0) is 23.9 Å². The van der Waals surface area contributed by atoms with Crippen molar-refractivity contribution in [1.29, 1.82) is 0 Å². The average Bonchev–Trinajstić information content (AvgIpc) is 2.76. The molecule has 0 saturated carbocycles. The van der Waals surface area contributed by atoms with E-state index in [4.69, 9.17) is 10.5 Å². The summed E-state index contributed by atoms with van der Waals surface area (Å²) in [5.74, 6) is -2.55. The van der Waals surface area contributed by atoms with Crippen LogP contribution >= 0.6 is 0 Å². The van der Waals surface area contributed by atoms with E-state index < -0.39 is 35.6 Å². The maximum Gasteiger partial charge on any atom is 0.345 e. The average molecular weight is 272 g/mol. The summed E-state index contributed by atoms with van der Waals surface area (Å²) in [4.78, 5) is 35.2. The van der Waals surface area contributed by atoms with E-state index in [1.54, 1.807) is 20.8 Å². The number of carbonyl (C=O) groups excluding carboxylic acids is 3. The molecule has 1 fully saturated rings. The van der Waals surface area contributed by atoms with E-state index in [1.165, 1.54) is 0 Å². The van der Waals surface area contributed by atoms with Crippen molar-refractivity contribution in [2.45, 2.75) is 44.8 Å². The zero-order valence-electron chi connectivity index (χ0n) is 11.4. The molecule has 0 aliphatic carbocycles. The molecular weight excluding hydrogens is 252 g/mol. The number of nitrogens with two attached hydrogens (primary N) is 1. The van der Waals surface area contributed by atoms with Crippen LogP contribution in [-0.4, -0.2) is 42.1 Å². The topological polar surface area (TPSA) is 108 Å². The Bertz CT molecular complexity index is 380. The van der Waals surface area contributed by atoms with E-state index in [1.807, 2.05) is 0 Å². The highest BCUT2D eigenvalue weighted by atomic mass is 16.6. The van der Waals surface area contributed by atoms with Gasteiger partial charge in [-0.15, -0.1) is 0 Å². The van der Waals surface area contributed by atoms with E-state index in [-0.39, 0.29) is 6.42 Å². The fraction of sp³-hybridized carbons (Fsp3) is 0.750. The Morgan fingerprint density at radius 2 is 1.89 bits per heavy atom. The molecule has 7 nitrogen and oxygen atoms in total. The highest BCUT2D eigenvalue weighted by molar-refractivity contribution is 6.08. The van der Waals surface area contributed by atoms with Crippen LogP contribution < -0.4 is 11.1 Å². The molecule has 0 bridgehead atoms. The van der Waals surface area contributed by atoms with Gasteiger partial charge in [-0.2, -0.15) is 0 Å². The number of rotatable bonds is 3. The van der Waals surface area contributed by atoms with Gasteiger partial charge in [0.2, 0.25) is 5.54 Å². The molecule has 1 heterocycles. The minimum atomic E-state index is -1.60. The number of hydrogen-bond acceptors (Lipinski definition) is 7. The first kappa shape index (κ1) is 15.6.